The number of nitrogens with one attached hydrogen (secondary N) is 1. The predicted octanol–water partition coefficient (Wildman–Crippen LogP) is 5.74. The van der Waals surface area contributed by atoms with Gasteiger partial charge >= 0.3 is 0 Å². The second-order valence-corrected chi connectivity index (χ2v) is 8.13. The van der Waals surface area contributed by atoms with Crippen molar-refractivity contribution in [3.63, 3.8) is 0 Å². The summed E-state index contributed by atoms with van der Waals surface area (Å²) in [4.78, 5) is 12.6. The number of rotatable bonds is 7. The Labute approximate surface area is 188 Å². The molecule has 2 aromatic heterocycles. The van der Waals surface area contributed by atoms with Crippen LogP contribution in [0.3, 0.4) is 0 Å². The quantitative estimate of drug-likeness (QED) is 0.321. The number of aromatic nitrogens is 1. The molecule has 152 valence electrons. The molecule has 0 radical (unpaired) electrons. The number of nitrogens with zero attached hydrogens (tertiary/aromatic N) is 1. The van der Waals surface area contributed by atoms with Crippen molar-refractivity contribution in [2.24, 2.45) is 0 Å². The van der Waals surface area contributed by atoms with E-state index in [4.69, 9.17) is 9.15 Å². The first-order chi connectivity index (χ1) is 14.6. The molecule has 0 aliphatic carbocycles. The smallest absolute Gasteiger partial charge is 0.287 e. The van der Waals surface area contributed by atoms with Gasteiger partial charge in [-0.25, -0.2) is 0 Å². The van der Waals surface area contributed by atoms with E-state index in [1.54, 1.807) is 12.1 Å². The van der Waals surface area contributed by atoms with Gasteiger partial charge in [0, 0.05) is 21.7 Å². The maximum atomic E-state index is 12.6. The van der Waals surface area contributed by atoms with Crippen LogP contribution in [-0.2, 0) is 6.61 Å². The number of furan rings is 1. The van der Waals surface area contributed by atoms with E-state index in [0.717, 1.165) is 20.6 Å². The molecule has 0 spiro atoms. The fourth-order valence-corrected chi connectivity index (χ4v) is 3.42. The second-order valence-electron chi connectivity index (χ2n) is 6.89. The van der Waals surface area contributed by atoms with Gasteiger partial charge in [-0.2, -0.15) is 0 Å². The summed E-state index contributed by atoms with van der Waals surface area (Å²) in [6.07, 6.45) is 3.99. The van der Waals surface area contributed by atoms with Crippen LogP contribution in [0.15, 0.2) is 89.6 Å². The molecule has 0 fully saturated rings. The van der Waals surface area contributed by atoms with E-state index < -0.39 is 0 Å². The highest BCUT2D eigenvalue weighted by atomic mass is 127. The molecule has 1 amide bonds. The molecule has 1 N–H and O–H groups in total. The van der Waals surface area contributed by atoms with Gasteiger partial charge in [0.1, 0.15) is 18.1 Å². The number of benzene rings is 2. The van der Waals surface area contributed by atoms with E-state index in [-0.39, 0.29) is 24.3 Å². The predicted molar refractivity (Wildman–Crippen MR) is 124 cm³/mol. The molecule has 2 aromatic carbocycles. The molecule has 4 aromatic rings. The minimum absolute atomic E-state index is 0.146. The number of amides is 1. The second kappa shape index (κ2) is 9.21. The molecular formula is C24H21IN2O3. The van der Waals surface area contributed by atoms with Crippen LogP contribution in [0.5, 0.6) is 5.75 Å². The Bertz CT molecular complexity index is 1100. The molecule has 1 atom stereocenters. The molecule has 6 heteroatoms. The van der Waals surface area contributed by atoms with Crippen LogP contribution in [-0.4, -0.2) is 10.5 Å². The number of hydrogen-bond acceptors (Lipinski definition) is 3. The SMILES string of the molecule is CC(NC(=O)c1ccc(COc2ccc(I)cc2)o1)c1ccc(-n2cccc2)cc1. The lowest BCUT2D eigenvalue weighted by Crippen LogP contribution is -2.26. The number of ether oxygens (including phenoxy) is 1. The van der Waals surface area contributed by atoms with E-state index >= 15 is 0 Å². The molecular weight excluding hydrogens is 491 g/mol. The molecule has 4 rings (SSSR count). The summed E-state index contributed by atoms with van der Waals surface area (Å²) < 4.78 is 14.5. The lowest BCUT2D eigenvalue weighted by Gasteiger charge is -2.14. The zero-order valence-corrected chi connectivity index (χ0v) is 18.6. The maximum Gasteiger partial charge on any atom is 0.287 e. The molecule has 2 heterocycles. The zero-order chi connectivity index (χ0) is 20.9. The third kappa shape index (κ3) is 4.94. The Balaban J connectivity index is 1.33. The van der Waals surface area contributed by atoms with Crippen LogP contribution in [0.4, 0.5) is 0 Å². The first-order valence-corrected chi connectivity index (χ1v) is 10.7. The third-order valence-corrected chi connectivity index (χ3v) is 5.44. The van der Waals surface area contributed by atoms with Gasteiger partial charge in [-0.3, -0.25) is 4.79 Å². The minimum Gasteiger partial charge on any atom is -0.486 e. The van der Waals surface area contributed by atoms with Crippen molar-refractivity contribution in [3.8, 4) is 11.4 Å². The van der Waals surface area contributed by atoms with Crippen molar-refractivity contribution in [3.05, 3.63) is 106 Å². The summed E-state index contributed by atoms with van der Waals surface area (Å²) >= 11 is 2.24. The molecule has 0 aliphatic rings. The summed E-state index contributed by atoms with van der Waals surface area (Å²) in [5.74, 6) is 1.38. The van der Waals surface area contributed by atoms with Crippen molar-refractivity contribution in [2.45, 2.75) is 19.6 Å². The van der Waals surface area contributed by atoms with Crippen molar-refractivity contribution in [2.75, 3.05) is 0 Å². The van der Waals surface area contributed by atoms with Crippen LogP contribution in [0.25, 0.3) is 5.69 Å². The van der Waals surface area contributed by atoms with Gasteiger partial charge in [-0.15, -0.1) is 0 Å². The highest BCUT2D eigenvalue weighted by Crippen LogP contribution is 2.19. The van der Waals surface area contributed by atoms with E-state index in [0.29, 0.717) is 5.76 Å². The largest absolute Gasteiger partial charge is 0.486 e. The lowest BCUT2D eigenvalue weighted by atomic mass is 10.1. The van der Waals surface area contributed by atoms with E-state index in [2.05, 4.69) is 27.9 Å². The minimum atomic E-state index is -0.252. The highest BCUT2D eigenvalue weighted by molar-refractivity contribution is 14.1. The Hall–Kier alpha value is -3.00. The van der Waals surface area contributed by atoms with E-state index in [1.807, 2.05) is 84.5 Å². The van der Waals surface area contributed by atoms with Crippen molar-refractivity contribution < 1.29 is 13.9 Å². The first kappa shape index (κ1) is 20.3. The van der Waals surface area contributed by atoms with Gasteiger partial charge < -0.3 is 19.0 Å². The fourth-order valence-electron chi connectivity index (χ4n) is 3.06. The topological polar surface area (TPSA) is 56.4 Å². The summed E-state index contributed by atoms with van der Waals surface area (Å²) in [6.45, 7) is 2.22. The molecule has 5 nitrogen and oxygen atoms in total. The molecule has 30 heavy (non-hydrogen) atoms. The number of hydrogen-bond donors (Lipinski definition) is 1. The fraction of sp³-hybridized carbons (Fsp3) is 0.125. The van der Waals surface area contributed by atoms with Crippen molar-refractivity contribution in [1.82, 2.24) is 9.88 Å². The molecule has 0 saturated carbocycles. The Morgan fingerprint density at radius 3 is 2.43 bits per heavy atom. The van der Waals surface area contributed by atoms with Gasteiger partial charge in [0.25, 0.3) is 5.91 Å². The van der Waals surface area contributed by atoms with Crippen LogP contribution in [0, 0.1) is 3.57 Å². The lowest BCUT2D eigenvalue weighted by molar-refractivity contribution is 0.0907. The molecule has 0 bridgehead atoms. The van der Waals surface area contributed by atoms with E-state index in [1.165, 1.54) is 0 Å². The Kier molecular flexibility index (Phi) is 6.23. The average molecular weight is 512 g/mol. The van der Waals surface area contributed by atoms with Gasteiger partial charge in [0.2, 0.25) is 0 Å². The van der Waals surface area contributed by atoms with Gasteiger partial charge in [-0.05, 0) is 95.7 Å². The van der Waals surface area contributed by atoms with Crippen molar-refractivity contribution >= 4 is 28.5 Å². The third-order valence-electron chi connectivity index (χ3n) is 4.72. The number of carbonyl (C=O) groups excluding carboxylic acids is 1. The average Bonchev–Trinajstić information content (AvgIpc) is 3.46. The van der Waals surface area contributed by atoms with Crippen molar-refractivity contribution in [1.29, 1.82) is 0 Å². The first-order valence-electron chi connectivity index (χ1n) is 9.60. The molecule has 0 saturated heterocycles. The summed E-state index contributed by atoms with van der Waals surface area (Å²) in [5, 5.41) is 2.98. The number of halogens is 1. The van der Waals surface area contributed by atoms with Gasteiger partial charge in [0.15, 0.2) is 5.76 Å². The monoisotopic (exact) mass is 512 g/mol. The van der Waals surface area contributed by atoms with Gasteiger partial charge in [0.05, 0.1) is 6.04 Å². The summed E-state index contributed by atoms with van der Waals surface area (Å²) in [7, 11) is 0. The Morgan fingerprint density at radius 2 is 1.73 bits per heavy atom. The maximum absolute atomic E-state index is 12.6. The normalized spacial score (nSPS) is 11.8. The van der Waals surface area contributed by atoms with E-state index in [9.17, 15) is 4.79 Å². The highest BCUT2D eigenvalue weighted by Gasteiger charge is 2.15. The summed E-state index contributed by atoms with van der Waals surface area (Å²) in [5.41, 5.74) is 2.10. The molecule has 1 unspecified atom stereocenters. The van der Waals surface area contributed by atoms with Crippen LogP contribution < -0.4 is 10.1 Å². The van der Waals surface area contributed by atoms with Crippen LogP contribution >= 0.6 is 22.6 Å². The Morgan fingerprint density at radius 1 is 1.03 bits per heavy atom. The van der Waals surface area contributed by atoms with Gasteiger partial charge in [-0.1, -0.05) is 12.1 Å². The number of carbonyl (C=O) groups is 1. The zero-order valence-electron chi connectivity index (χ0n) is 16.4. The summed E-state index contributed by atoms with van der Waals surface area (Å²) in [6, 6.07) is 23.1. The standard InChI is InChI=1S/C24H21IN2O3/c1-17(18-4-8-20(9-5-18)27-14-2-3-15-27)26-24(28)23-13-12-22(30-23)16-29-21-10-6-19(25)7-11-21/h2-15,17H,16H2,1H3,(H,26,28). The molecule has 0 aliphatic heterocycles. The van der Waals surface area contributed by atoms with Crippen LogP contribution in [0.1, 0.15) is 34.8 Å². The van der Waals surface area contributed by atoms with Crippen LogP contribution in [0.2, 0.25) is 0 Å².